The molecule has 0 radical (unpaired) electrons. The van der Waals surface area contributed by atoms with Crippen molar-refractivity contribution < 1.29 is 14.3 Å². The first-order valence-corrected chi connectivity index (χ1v) is 10.7. The Labute approximate surface area is 174 Å². The molecule has 29 heavy (non-hydrogen) atoms. The number of nitrogens with zero attached hydrogens (tertiary/aromatic N) is 4. The molecule has 0 N–H and O–H groups in total. The average molecular weight is 403 g/mol. The van der Waals surface area contributed by atoms with Crippen LogP contribution in [0.2, 0.25) is 0 Å². The van der Waals surface area contributed by atoms with Gasteiger partial charge in [0, 0.05) is 51.0 Å². The second-order valence-electron chi connectivity index (χ2n) is 8.12. The molecule has 2 aliphatic rings. The standard InChI is InChI=1S/C22H34N4O3/c1-18(2)26(20-7-5-4-6-8-20)21(27)17-23-9-11-24(12-10-23)19(3)22(28)25-13-15-29-16-14-25/h4-8,18-19H,9-17H2,1-3H3. The number of morpholine rings is 1. The van der Waals surface area contributed by atoms with E-state index in [2.05, 4.69) is 9.80 Å². The summed E-state index contributed by atoms with van der Waals surface area (Å²) in [7, 11) is 0. The van der Waals surface area contributed by atoms with Crippen molar-refractivity contribution in [2.75, 3.05) is 63.9 Å². The topological polar surface area (TPSA) is 56.3 Å². The minimum atomic E-state index is -0.123. The summed E-state index contributed by atoms with van der Waals surface area (Å²) in [6, 6.07) is 9.83. The summed E-state index contributed by atoms with van der Waals surface area (Å²) < 4.78 is 5.34. The summed E-state index contributed by atoms with van der Waals surface area (Å²) in [5.74, 6) is 0.310. The van der Waals surface area contributed by atoms with Crippen molar-refractivity contribution in [2.24, 2.45) is 0 Å². The maximum atomic E-state index is 13.0. The van der Waals surface area contributed by atoms with Gasteiger partial charge in [-0.25, -0.2) is 0 Å². The molecule has 2 amide bonds. The van der Waals surface area contributed by atoms with Crippen LogP contribution >= 0.6 is 0 Å². The van der Waals surface area contributed by atoms with Crippen LogP contribution in [-0.4, -0.2) is 97.6 Å². The predicted octanol–water partition coefficient (Wildman–Crippen LogP) is 1.29. The van der Waals surface area contributed by atoms with Gasteiger partial charge in [0.05, 0.1) is 25.8 Å². The Bertz CT molecular complexity index is 668. The van der Waals surface area contributed by atoms with Gasteiger partial charge in [0.2, 0.25) is 11.8 Å². The summed E-state index contributed by atoms with van der Waals surface area (Å²) in [6.07, 6.45) is 0. The van der Waals surface area contributed by atoms with Gasteiger partial charge in [0.15, 0.2) is 0 Å². The monoisotopic (exact) mass is 402 g/mol. The Hall–Kier alpha value is -1.96. The summed E-state index contributed by atoms with van der Waals surface area (Å²) in [5.41, 5.74) is 0.941. The maximum Gasteiger partial charge on any atom is 0.241 e. The number of para-hydroxylation sites is 1. The summed E-state index contributed by atoms with van der Waals surface area (Å²) in [4.78, 5) is 33.9. The lowest BCUT2D eigenvalue weighted by Gasteiger charge is -2.40. The number of piperazine rings is 1. The van der Waals surface area contributed by atoms with Crippen molar-refractivity contribution in [2.45, 2.75) is 32.9 Å². The molecule has 2 aliphatic heterocycles. The smallest absolute Gasteiger partial charge is 0.241 e. The van der Waals surface area contributed by atoms with E-state index in [0.717, 1.165) is 31.9 Å². The largest absolute Gasteiger partial charge is 0.378 e. The lowest BCUT2D eigenvalue weighted by Crippen LogP contribution is -2.57. The van der Waals surface area contributed by atoms with Crippen LogP contribution in [0.15, 0.2) is 30.3 Å². The van der Waals surface area contributed by atoms with Crippen molar-refractivity contribution >= 4 is 17.5 Å². The summed E-state index contributed by atoms with van der Waals surface area (Å²) >= 11 is 0. The number of amides is 2. The highest BCUT2D eigenvalue weighted by molar-refractivity contribution is 5.95. The second-order valence-corrected chi connectivity index (χ2v) is 8.12. The third-order valence-electron chi connectivity index (χ3n) is 5.81. The van der Waals surface area contributed by atoms with Gasteiger partial charge in [0.1, 0.15) is 0 Å². The highest BCUT2D eigenvalue weighted by atomic mass is 16.5. The molecule has 2 heterocycles. The van der Waals surface area contributed by atoms with E-state index in [9.17, 15) is 9.59 Å². The van der Waals surface area contributed by atoms with Crippen LogP contribution in [0.3, 0.4) is 0 Å². The number of carbonyl (C=O) groups is 2. The molecule has 0 aliphatic carbocycles. The third kappa shape index (κ3) is 5.56. The molecule has 7 nitrogen and oxygen atoms in total. The van der Waals surface area contributed by atoms with Crippen molar-refractivity contribution in [3.05, 3.63) is 30.3 Å². The quantitative estimate of drug-likeness (QED) is 0.718. The van der Waals surface area contributed by atoms with Gasteiger partial charge in [0.25, 0.3) is 0 Å². The van der Waals surface area contributed by atoms with Gasteiger partial charge in [-0.3, -0.25) is 19.4 Å². The first-order valence-electron chi connectivity index (χ1n) is 10.7. The zero-order valence-electron chi connectivity index (χ0n) is 17.9. The van der Waals surface area contributed by atoms with E-state index in [1.54, 1.807) is 0 Å². The second kappa shape index (κ2) is 10.2. The van der Waals surface area contributed by atoms with Crippen LogP contribution in [0.1, 0.15) is 20.8 Å². The third-order valence-corrected chi connectivity index (χ3v) is 5.81. The molecule has 1 aromatic rings. The highest BCUT2D eigenvalue weighted by Crippen LogP contribution is 2.18. The van der Waals surface area contributed by atoms with Crippen LogP contribution in [-0.2, 0) is 14.3 Å². The summed E-state index contributed by atoms with van der Waals surface area (Å²) in [5, 5.41) is 0. The fraction of sp³-hybridized carbons (Fsp3) is 0.636. The van der Waals surface area contributed by atoms with Gasteiger partial charge < -0.3 is 14.5 Å². The number of anilines is 1. The van der Waals surface area contributed by atoms with Gasteiger partial charge >= 0.3 is 0 Å². The van der Waals surface area contributed by atoms with Crippen LogP contribution in [0.4, 0.5) is 5.69 Å². The first kappa shape index (κ1) is 21.7. The van der Waals surface area contributed by atoms with Gasteiger partial charge in [-0.1, -0.05) is 18.2 Å². The molecule has 1 aromatic carbocycles. The molecule has 0 spiro atoms. The Morgan fingerprint density at radius 3 is 2.17 bits per heavy atom. The van der Waals surface area contributed by atoms with Gasteiger partial charge in [-0.15, -0.1) is 0 Å². The molecular formula is C22H34N4O3. The molecule has 0 saturated carbocycles. The van der Waals surface area contributed by atoms with Crippen molar-refractivity contribution in [1.82, 2.24) is 14.7 Å². The Morgan fingerprint density at radius 2 is 1.59 bits per heavy atom. The van der Waals surface area contributed by atoms with Crippen LogP contribution < -0.4 is 4.90 Å². The minimum Gasteiger partial charge on any atom is -0.378 e. The SMILES string of the molecule is CC(C(=O)N1CCOCC1)N1CCN(CC(=O)N(c2ccccc2)C(C)C)CC1. The number of hydrogen-bond acceptors (Lipinski definition) is 5. The van der Waals surface area contributed by atoms with Crippen molar-refractivity contribution in [3.8, 4) is 0 Å². The Balaban J connectivity index is 1.51. The molecule has 1 atom stereocenters. The predicted molar refractivity (Wildman–Crippen MR) is 114 cm³/mol. The Kier molecular flexibility index (Phi) is 7.64. The molecule has 2 fully saturated rings. The number of carbonyl (C=O) groups excluding carboxylic acids is 2. The molecule has 160 valence electrons. The fourth-order valence-corrected chi connectivity index (χ4v) is 4.10. The molecule has 2 saturated heterocycles. The maximum absolute atomic E-state index is 13.0. The average Bonchev–Trinajstić information content (AvgIpc) is 2.74. The van der Waals surface area contributed by atoms with E-state index >= 15 is 0 Å². The lowest BCUT2D eigenvalue weighted by molar-refractivity contribution is -0.141. The fourth-order valence-electron chi connectivity index (χ4n) is 4.10. The van der Waals surface area contributed by atoms with E-state index in [0.29, 0.717) is 32.8 Å². The number of rotatable bonds is 6. The molecule has 0 bridgehead atoms. The van der Waals surface area contributed by atoms with Crippen LogP contribution in [0.25, 0.3) is 0 Å². The highest BCUT2D eigenvalue weighted by Gasteiger charge is 2.30. The van der Waals surface area contributed by atoms with E-state index in [1.165, 1.54) is 0 Å². The van der Waals surface area contributed by atoms with Gasteiger partial charge in [-0.05, 0) is 32.9 Å². The minimum absolute atomic E-state index is 0.109. The number of benzene rings is 1. The molecule has 0 aromatic heterocycles. The molecule has 1 unspecified atom stereocenters. The number of hydrogen-bond donors (Lipinski definition) is 0. The van der Waals surface area contributed by atoms with E-state index in [4.69, 9.17) is 4.74 Å². The Morgan fingerprint density at radius 1 is 0.966 bits per heavy atom. The van der Waals surface area contributed by atoms with Crippen molar-refractivity contribution in [3.63, 3.8) is 0 Å². The summed E-state index contributed by atoms with van der Waals surface area (Å²) in [6.45, 7) is 12.3. The van der Waals surface area contributed by atoms with Crippen LogP contribution in [0, 0.1) is 0 Å². The molecule has 7 heteroatoms. The zero-order chi connectivity index (χ0) is 20.8. The van der Waals surface area contributed by atoms with E-state index in [1.807, 2.05) is 60.9 Å². The lowest BCUT2D eigenvalue weighted by atomic mass is 10.2. The normalized spacial score (nSPS) is 19.9. The van der Waals surface area contributed by atoms with Crippen molar-refractivity contribution in [1.29, 1.82) is 0 Å². The number of ether oxygens (including phenoxy) is 1. The van der Waals surface area contributed by atoms with E-state index in [-0.39, 0.29) is 23.9 Å². The molecule has 3 rings (SSSR count). The van der Waals surface area contributed by atoms with Gasteiger partial charge in [-0.2, -0.15) is 0 Å². The first-order chi connectivity index (χ1) is 14.0. The molecular weight excluding hydrogens is 368 g/mol. The van der Waals surface area contributed by atoms with Crippen LogP contribution in [0.5, 0.6) is 0 Å². The van der Waals surface area contributed by atoms with E-state index < -0.39 is 0 Å². The zero-order valence-corrected chi connectivity index (χ0v) is 17.9.